The minimum absolute atomic E-state index is 0.134. The molecule has 26 heavy (non-hydrogen) atoms. The summed E-state index contributed by atoms with van der Waals surface area (Å²) in [5.41, 5.74) is 0.823. The Balaban J connectivity index is 2.46. The monoisotopic (exact) mass is 365 g/mol. The lowest BCUT2D eigenvalue weighted by molar-refractivity contribution is 0.136. The molecule has 1 rings (SSSR count). The van der Waals surface area contributed by atoms with Gasteiger partial charge in [-0.25, -0.2) is 0 Å². The number of hydrogen-bond donors (Lipinski definition) is 3. The smallest absolute Gasteiger partial charge is 0.191 e. The fourth-order valence-corrected chi connectivity index (χ4v) is 2.26. The van der Waals surface area contributed by atoms with Crippen LogP contribution < -0.4 is 15.4 Å². The van der Waals surface area contributed by atoms with Gasteiger partial charge in [-0.3, -0.25) is 4.99 Å². The third-order valence-corrected chi connectivity index (χ3v) is 3.58. The van der Waals surface area contributed by atoms with Crippen LogP contribution in [0.1, 0.15) is 52.2 Å². The van der Waals surface area contributed by atoms with Crippen LogP contribution >= 0.6 is 0 Å². The Morgan fingerprint density at radius 1 is 1.12 bits per heavy atom. The number of hydrogen-bond acceptors (Lipinski definition) is 4. The summed E-state index contributed by atoms with van der Waals surface area (Å²) in [5, 5.41) is 16.7. The first-order chi connectivity index (χ1) is 12.6. The molecule has 1 atom stereocenters. The topological polar surface area (TPSA) is 75.1 Å². The van der Waals surface area contributed by atoms with Crippen molar-refractivity contribution < 1.29 is 14.6 Å². The van der Waals surface area contributed by atoms with Crippen LogP contribution in [0.4, 0.5) is 0 Å². The van der Waals surface area contributed by atoms with Gasteiger partial charge < -0.3 is 25.2 Å². The molecule has 0 heterocycles. The van der Waals surface area contributed by atoms with Crippen molar-refractivity contribution in [3.05, 3.63) is 29.8 Å². The average molecular weight is 366 g/mol. The van der Waals surface area contributed by atoms with E-state index in [9.17, 15) is 5.11 Å². The first-order valence-electron chi connectivity index (χ1n) is 9.61. The van der Waals surface area contributed by atoms with Gasteiger partial charge in [0.1, 0.15) is 5.75 Å². The van der Waals surface area contributed by atoms with E-state index in [1.165, 1.54) is 0 Å². The number of nitrogens with one attached hydrogen (secondary N) is 2. The summed E-state index contributed by atoms with van der Waals surface area (Å²) in [6.45, 7) is 11.3. The number of aliphatic hydroxyl groups is 1. The summed E-state index contributed by atoms with van der Waals surface area (Å²) in [7, 11) is 0. The van der Waals surface area contributed by atoms with Crippen LogP contribution in [-0.4, -0.2) is 50.0 Å². The molecule has 0 bridgehead atoms. The molecule has 6 heteroatoms. The van der Waals surface area contributed by atoms with E-state index in [0.29, 0.717) is 19.1 Å². The molecule has 0 aliphatic rings. The molecule has 0 amide bonds. The standard InChI is InChI=1S/C20H35N3O3/c1-5-7-13-25-14-12-22-20(21-6-2)23-15-19(24)17-8-10-18(11-9-17)26-16(3)4/h8-11,16,19,24H,5-7,12-15H2,1-4H3,(H2,21,22,23). The Labute approximate surface area is 158 Å². The minimum Gasteiger partial charge on any atom is -0.491 e. The second-order valence-corrected chi connectivity index (χ2v) is 6.36. The molecule has 0 aliphatic heterocycles. The highest BCUT2D eigenvalue weighted by Crippen LogP contribution is 2.19. The zero-order chi connectivity index (χ0) is 19.2. The predicted molar refractivity (Wildman–Crippen MR) is 107 cm³/mol. The predicted octanol–water partition coefficient (Wildman–Crippen LogP) is 2.88. The number of nitrogens with zero attached hydrogens (tertiary/aromatic N) is 1. The largest absolute Gasteiger partial charge is 0.491 e. The fourth-order valence-electron chi connectivity index (χ4n) is 2.26. The fraction of sp³-hybridized carbons (Fsp3) is 0.650. The van der Waals surface area contributed by atoms with Crippen LogP contribution in [0.25, 0.3) is 0 Å². The number of guanidine groups is 1. The van der Waals surface area contributed by atoms with E-state index in [4.69, 9.17) is 9.47 Å². The van der Waals surface area contributed by atoms with Gasteiger partial charge in [0.15, 0.2) is 5.96 Å². The molecule has 0 aromatic heterocycles. The Morgan fingerprint density at radius 3 is 2.46 bits per heavy atom. The average Bonchev–Trinajstić information content (AvgIpc) is 2.62. The Kier molecular flexibility index (Phi) is 11.5. The summed E-state index contributed by atoms with van der Waals surface area (Å²) < 4.78 is 11.1. The first-order valence-corrected chi connectivity index (χ1v) is 9.61. The van der Waals surface area contributed by atoms with Crippen LogP contribution in [-0.2, 0) is 4.74 Å². The maximum Gasteiger partial charge on any atom is 0.191 e. The second kappa shape index (κ2) is 13.4. The van der Waals surface area contributed by atoms with Gasteiger partial charge in [0.25, 0.3) is 0 Å². The molecule has 0 aliphatic carbocycles. The molecule has 0 saturated carbocycles. The Bertz CT molecular complexity index is 504. The lowest BCUT2D eigenvalue weighted by Gasteiger charge is -2.14. The molecule has 0 fully saturated rings. The van der Waals surface area contributed by atoms with E-state index >= 15 is 0 Å². The van der Waals surface area contributed by atoms with E-state index in [0.717, 1.165) is 37.3 Å². The SMILES string of the molecule is CCCCOCCNC(=NCC(O)c1ccc(OC(C)C)cc1)NCC. The molecule has 0 spiro atoms. The van der Waals surface area contributed by atoms with Crippen molar-refractivity contribution in [1.29, 1.82) is 0 Å². The number of unbranched alkanes of at least 4 members (excludes halogenated alkanes) is 1. The summed E-state index contributed by atoms with van der Waals surface area (Å²) >= 11 is 0. The zero-order valence-electron chi connectivity index (χ0n) is 16.6. The van der Waals surface area contributed by atoms with Crippen LogP contribution in [0, 0.1) is 0 Å². The van der Waals surface area contributed by atoms with Gasteiger partial charge in [-0.2, -0.15) is 0 Å². The summed E-state index contributed by atoms with van der Waals surface area (Å²) in [4.78, 5) is 4.45. The van der Waals surface area contributed by atoms with Crippen molar-refractivity contribution in [2.24, 2.45) is 4.99 Å². The van der Waals surface area contributed by atoms with Gasteiger partial charge in [-0.1, -0.05) is 25.5 Å². The van der Waals surface area contributed by atoms with Crippen molar-refractivity contribution in [1.82, 2.24) is 10.6 Å². The van der Waals surface area contributed by atoms with Crippen LogP contribution in [0.15, 0.2) is 29.3 Å². The third-order valence-electron chi connectivity index (χ3n) is 3.58. The van der Waals surface area contributed by atoms with Gasteiger partial charge in [-0.05, 0) is 44.9 Å². The van der Waals surface area contributed by atoms with Crippen LogP contribution in [0.3, 0.4) is 0 Å². The maximum absolute atomic E-state index is 10.4. The van der Waals surface area contributed by atoms with E-state index in [-0.39, 0.29) is 12.6 Å². The number of aliphatic hydroxyl groups excluding tert-OH is 1. The molecule has 1 unspecified atom stereocenters. The molecular formula is C20H35N3O3. The van der Waals surface area contributed by atoms with Crippen molar-refractivity contribution in [2.75, 3.05) is 32.8 Å². The van der Waals surface area contributed by atoms with Gasteiger partial charge in [0, 0.05) is 19.7 Å². The van der Waals surface area contributed by atoms with E-state index in [1.807, 2.05) is 45.0 Å². The lowest BCUT2D eigenvalue weighted by Crippen LogP contribution is -2.39. The molecule has 6 nitrogen and oxygen atoms in total. The Hall–Kier alpha value is -1.79. The number of aliphatic imine (C=N–C) groups is 1. The van der Waals surface area contributed by atoms with E-state index in [1.54, 1.807) is 0 Å². The number of rotatable bonds is 12. The van der Waals surface area contributed by atoms with Crippen molar-refractivity contribution >= 4 is 5.96 Å². The normalized spacial score (nSPS) is 12.9. The van der Waals surface area contributed by atoms with E-state index in [2.05, 4.69) is 22.5 Å². The number of benzene rings is 1. The maximum atomic E-state index is 10.4. The summed E-state index contributed by atoms with van der Waals surface area (Å²) in [6, 6.07) is 7.50. The molecule has 1 aromatic carbocycles. The molecule has 1 aromatic rings. The first kappa shape index (κ1) is 22.3. The van der Waals surface area contributed by atoms with Crippen molar-refractivity contribution in [3.8, 4) is 5.75 Å². The highest BCUT2D eigenvalue weighted by molar-refractivity contribution is 5.79. The van der Waals surface area contributed by atoms with Gasteiger partial charge in [-0.15, -0.1) is 0 Å². The number of ether oxygens (including phenoxy) is 2. The van der Waals surface area contributed by atoms with Gasteiger partial charge in [0.2, 0.25) is 0 Å². The van der Waals surface area contributed by atoms with Gasteiger partial charge >= 0.3 is 0 Å². The summed E-state index contributed by atoms with van der Waals surface area (Å²) in [6.07, 6.45) is 1.70. The highest BCUT2D eigenvalue weighted by atomic mass is 16.5. The molecule has 0 saturated heterocycles. The highest BCUT2D eigenvalue weighted by Gasteiger charge is 2.08. The lowest BCUT2D eigenvalue weighted by atomic mass is 10.1. The van der Waals surface area contributed by atoms with Crippen molar-refractivity contribution in [3.63, 3.8) is 0 Å². The third kappa shape index (κ3) is 9.63. The Morgan fingerprint density at radius 2 is 1.85 bits per heavy atom. The van der Waals surface area contributed by atoms with E-state index < -0.39 is 6.10 Å². The quantitative estimate of drug-likeness (QED) is 0.302. The minimum atomic E-state index is -0.653. The van der Waals surface area contributed by atoms with Crippen LogP contribution in [0.5, 0.6) is 5.75 Å². The van der Waals surface area contributed by atoms with Crippen LogP contribution in [0.2, 0.25) is 0 Å². The van der Waals surface area contributed by atoms with Crippen molar-refractivity contribution in [2.45, 2.75) is 52.7 Å². The molecular weight excluding hydrogens is 330 g/mol. The zero-order valence-corrected chi connectivity index (χ0v) is 16.6. The summed E-state index contributed by atoms with van der Waals surface area (Å²) in [5.74, 6) is 1.49. The van der Waals surface area contributed by atoms with Gasteiger partial charge in [0.05, 0.1) is 25.4 Å². The second-order valence-electron chi connectivity index (χ2n) is 6.36. The molecule has 0 radical (unpaired) electrons. The molecule has 148 valence electrons. The molecule has 3 N–H and O–H groups in total.